The van der Waals surface area contributed by atoms with Crippen LogP contribution >= 0.6 is 0 Å². The summed E-state index contributed by atoms with van der Waals surface area (Å²) in [4.78, 5) is 0. The molecule has 102 valence electrons. The Hall–Kier alpha value is -1.00. The van der Waals surface area contributed by atoms with E-state index < -0.39 is 17.7 Å². The first-order chi connectivity index (χ1) is 8.65. The molecule has 0 amide bonds. The second kappa shape index (κ2) is 7.44. The summed E-state index contributed by atoms with van der Waals surface area (Å²) in [7, 11) is 1.69. The number of halogens is 2. The zero-order valence-corrected chi connectivity index (χ0v) is 11.2. The number of nitrogens with one attached hydrogen (secondary N) is 1. The first kappa shape index (κ1) is 15.1. The Morgan fingerprint density at radius 2 is 1.83 bits per heavy atom. The molecular formula is C14H21F2NO. The van der Waals surface area contributed by atoms with Crippen LogP contribution in [0, 0.1) is 11.6 Å². The van der Waals surface area contributed by atoms with Gasteiger partial charge in [0.15, 0.2) is 0 Å². The van der Waals surface area contributed by atoms with E-state index in [9.17, 15) is 8.78 Å². The van der Waals surface area contributed by atoms with Crippen molar-refractivity contribution in [3.63, 3.8) is 0 Å². The van der Waals surface area contributed by atoms with Crippen molar-refractivity contribution in [2.24, 2.45) is 0 Å². The Labute approximate surface area is 107 Å². The molecule has 2 nitrogen and oxygen atoms in total. The van der Waals surface area contributed by atoms with Gasteiger partial charge in [-0.25, -0.2) is 8.78 Å². The quantitative estimate of drug-likeness (QED) is 0.808. The highest BCUT2D eigenvalue weighted by atomic mass is 19.1. The Kier molecular flexibility index (Phi) is 6.22. The number of benzene rings is 1. The lowest BCUT2D eigenvalue weighted by Crippen LogP contribution is -2.33. The summed E-state index contributed by atoms with van der Waals surface area (Å²) in [5.41, 5.74) is 0.0619. The molecule has 0 bridgehead atoms. The third-order valence-corrected chi connectivity index (χ3v) is 2.95. The lowest BCUT2D eigenvalue weighted by atomic mass is 9.97. The minimum absolute atomic E-state index is 0.0619. The SMILES string of the molecule is CCCC(OCC)C(NC)c1c(F)cccc1F. The summed E-state index contributed by atoms with van der Waals surface area (Å²) in [6.45, 7) is 4.43. The average molecular weight is 257 g/mol. The third-order valence-electron chi connectivity index (χ3n) is 2.95. The van der Waals surface area contributed by atoms with Crippen LogP contribution in [0.15, 0.2) is 18.2 Å². The van der Waals surface area contributed by atoms with Gasteiger partial charge in [0.2, 0.25) is 0 Å². The van der Waals surface area contributed by atoms with Gasteiger partial charge in [0.1, 0.15) is 11.6 Å². The summed E-state index contributed by atoms with van der Waals surface area (Å²) in [6.07, 6.45) is 1.43. The average Bonchev–Trinajstić information content (AvgIpc) is 2.34. The van der Waals surface area contributed by atoms with Gasteiger partial charge in [-0.3, -0.25) is 0 Å². The normalized spacial score (nSPS) is 14.5. The van der Waals surface area contributed by atoms with Crippen molar-refractivity contribution in [1.82, 2.24) is 5.32 Å². The molecule has 1 aromatic carbocycles. The Morgan fingerprint density at radius 3 is 2.28 bits per heavy atom. The van der Waals surface area contributed by atoms with Gasteiger partial charge >= 0.3 is 0 Å². The first-order valence-corrected chi connectivity index (χ1v) is 6.38. The van der Waals surface area contributed by atoms with E-state index in [0.717, 1.165) is 12.8 Å². The Balaban J connectivity index is 3.06. The van der Waals surface area contributed by atoms with E-state index in [4.69, 9.17) is 4.74 Å². The molecule has 2 atom stereocenters. The van der Waals surface area contributed by atoms with E-state index in [1.54, 1.807) is 7.05 Å². The van der Waals surface area contributed by atoms with Crippen LogP contribution in [0.25, 0.3) is 0 Å². The van der Waals surface area contributed by atoms with Gasteiger partial charge in [-0.1, -0.05) is 19.4 Å². The highest BCUT2D eigenvalue weighted by Gasteiger charge is 2.26. The zero-order chi connectivity index (χ0) is 13.5. The molecule has 1 N–H and O–H groups in total. The van der Waals surface area contributed by atoms with Crippen molar-refractivity contribution in [3.8, 4) is 0 Å². The fourth-order valence-electron chi connectivity index (χ4n) is 2.17. The molecule has 0 heterocycles. The van der Waals surface area contributed by atoms with Crippen LogP contribution in [0.2, 0.25) is 0 Å². The van der Waals surface area contributed by atoms with Gasteiger partial charge < -0.3 is 10.1 Å². The molecule has 0 aromatic heterocycles. The molecule has 0 saturated heterocycles. The van der Waals surface area contributed by atoms with Gasteiger partial charge in [-0.15, -0.1) is 0 Å². The molecule has 0 aliphatic heterocycles. The molecule has 18 heavy (non-hydrogen) atoms. The van der Waals surface area contributed by atoms with Crippen LogP contribution < -0.4 is 5.32 Å². The maximum absolute atomic E-state index is 13.8. The van der Waals surface area contributed by atoms with Gasteiger partial charge in [0.25, 0.3) is 0 Å². The standard InChI is InChI=1S/C14H21F2NO/c1-4-7-12(18-5-2)14(17-3)13-10(15)8-6-9-11(13)16/h6,8-9,12,14,17H,4-5,7H2,1-3H3. The van der Waals surface area contributed by atoms with E-state index >= 15 is 0 Å². The minimum atomic E-state index is -0.532. The molecule has 0 aliphatic carbocycles. The van der Waals surface area contributed by atoms with Crippen LogP contribution in [0.3, 0.4) is 0 Å². The van der Waals surface area contributed by atoms with Crippen LogP contribution in [-0.2, 0) is 4.74 Å². The predicted molar refractivity (Wildman–Crippen MR) is 68.5 cm³/mol. The lowest BCUT2D eigenvalue weighted by molar-refractivity contribution is 0.0277. The van der Waals surface area contributed by atoms with Gasteiger partial charge in [0.05, 0.1) is 12.1 Å². The van der Waals surface area contributed by atoms with Crippen molar-refractivity contribution in [2.45, 2.75) is 38.8 Å². The Morgan fingerprint density at radius 1 is 1.22 bits per heavy atom. The second-order valence-corrected chi connectivity index (χ2v) is 4.18. The molecule has 2 unspecified atom stereocenters. The van der Waals surface area contributed by atoms with Crippen molar-refractivity contribution >= 4 is 0 Å². The van der Waals surface area contributed by atoms with E-state index in [1.165, 1.54) is 18.2 Å². The molecule has 0 aliphatic rings. The fraction of sp³-hybridized carbons (Fsp3) is 0.571. The van der Waals surface area contributed by atoms with Crippen LogP contribution in [0.1, 0.15) is 38.3 Å². The van der Waals surface area contributed by atoms with Gasteiger partial charge in [-0.2, -0.15) is 0 Å². The second-order valence-electron chi connectivity index (χ2n) is 4.18. The summed E-state index contributed by atoms with van der Waals surface area (Å²) in [5.74, 6) is -1.06. The lowest BCUT2D eigenvalue weighted by Gasteiger charge is -2.27. The molecule has 4 heteroatoms. The topological polar surface area (TPSA) is 21.3 Å². The van der Waals surface area contributed by atoms with Gasteiger partial charge in [0, 0.05) is 12.2 Å². The number of hydrogen-bond donors (Lipinski definition) is 1. The number of ether oxygens (including phenoxy) is 1. The summed E-state index contributed by atoms with van der Waals surface area (Å²) >= 11 is 0. The number of likely N-dealkylation sites (N-methyl/N-ethyl adjacent to an activating group) is 1. The molecule has 1 rings (SSSR count). The number of hydrogen-bond acceptors (Lipinski definition) is 2. The maximum Gasteiger partial charge on any atom is 0.131 e. The van der Waals surface area contributed by atoms with Crippen LogP contribution in [0.5, 0.6) is 0 Å². The Bertz CT molecular complexity index is 345. The first-order valence-electron chi connectivity index (χ1n) is 6.38. The highest BCUT2D eigenvalue weighted by molar-refractivity contribution is 5.24. The molecule has 0 radical (unpaired) electrons. The minimum Gasteiger partial charge on any atom is -0.377 e. The zero-order valence-electron chi connectivity index (χ0n) is 11.2. The fourth-order valence-corrected chi connectivity index (χ4v) is 2.17. The largest absolute Gasteiger partial charge is 0.377 e. The summed E-state index contributed by atoms with van der Waals surface area (Å²) in [5, 5.41) is 2.96. The van der Waals surface area contributed by atoms with Crippen LogP contribution in [-0.4, -0.2) is 19.8 Å². The van der Waals surface area contributed by atoms with E-state index in [1.807, 2.05) is 13.8 Å². The number of rotatable bonds is 7. The van der Waals surface area contributed by atoms with Crippen molar-refractivity contribution < 1.29 is 13.5 Å². The molecule has 0 spiro atoms. The molecule has 0 fully saturated rings. The molecule has 1 aromatic rings. The predicted octanol–water partition coefficient (Wildman–Crippen LogP) is 3.43. The van der Waals surface area contributed by atoms with Gasteiger partial charge in [-0.05, 0) is 32.5 Å². The summed E-state index contributed by atoms with van der Waals surface area (Å²) in [6, 6.07) is 3.46. The van der Waals surface area contributed by atoms with E-state index in [-0.39, 0.29) is 11.7 Å². The van der Waals surface area contributed by atoms with Crippen molar-refractivity contribution in [1.29, 1.82) is 0 Å². The highest BCUT2D eigenvalue weighted by Crippen LogP contribution is 2.27. The monoisotopic (exact) mass is 257 g/mol. The smallest absolute Gasteiger partial charge is 0.131 e. The summed E-state index contributed by atoms with van der Waals surface area (Å²) < 4.78 is 33.2. The van der Waals surface area contributed by atoms with Crippen molar-refractivity contribution in [2.75, 3.05) is 13.7 Å². The maximum atomic E-state index is 13.8. The molecule has 0 saturated carbocycles. The molecular weight excluding hydrogens is 236 g/mol. The van der Waals surface area contributed by atoms with Crippen LogP contribution in [0.4, 0.5) is 8.78 Å². The van der Waals surface area contributed by atoms with Crippen molar-refractivity contribution in [3.05, 3.63) is 35.4 Å². The van der Waals surface area contributed by atoms with E-state index in [2.05, 4.69) is 5.32 Å². The van der Waals surface area contributed by atoms with E-state index in [0.29, 0.717) is 6.61 Å². The third kappa shape index (κ3) is 3.50.